The zero-order chi connectivity index (χ0) is 15.7. The molecule has 21 heavy (non-hydrogen) atoms. The Labute approximate surface area is 122 Å². The van der Waals surface area contributed by atoms with Crippen LogP contribution in [0.3, 0.4) is 0 Å². The van der Waals surface area contributed by atoms with Gasteiger partial charge < -0.3 is 5.11 Å². The first-order valence-corrected chi connectivity index (χ1v) is 8.53. The Morgan fingerprint density at radius 3 is 2.52 bits per heavy atom. The molecule has 1 unspecified atom stereocenters. The molecule has 1 aliphatic heterocycles. The zero-order valence-electron chi connectivity index (χ0n) is 11.5. The van der Waals surface area contributed by atoms with Crippen molar-refractivity contribution in [1.29, 1.82) is 0 Å². The van der Waals surface area contributed by atoms with Gasteiger partial charge in [0.2, 0.25) is 16.4 Å². The van der Waals surface area contributed by atoms with E-state index in [-0.39, 0.29) is 25.9 Å². The predicted octanol–water partition coefficient (Wildman–Crippen LogP) is 1.71. The number of sulfonamides is 1. The van der Waals surface area contributed by atoms with Gasteiger partial charge in [0.1, 0.15) is 0 Å². The topological polar surface area (TPSA) is 74.7 Å². The third-order valence-corrected chi connectivity index (χ3v) is 6.35. The highest BCUT2D eigenvalue weighted by Gasteiger charge is 2.47. The number of hydrogen-bond donors (Lipinski definition) is 1. The van der Waals surface area contributed by atoms with Crippen molar-refractivity contribution in [3.8, 4) is 0 Å². The lowest BCUT2D eigenvalue weighted by atomic mass is 9.89. The van der Waals surface area contributed by atoms with E-state index < -0.39 is 39.5 Å². The van der Waals surface area contributed by atoms with E-state index in [1.165, 1.54) is 12.2 Å². The third kappa shape index (κ3) is 3.42. The maximum absolute atomic E-state index is 13.3. The molecule has 1 atom stereocenters. The summed E-state index contributed by atoms with van der Waals surface area (Å²) in [4.78, 5) is 10.9. The van der Waals surface area contributed by atoms with E-state index >= 15 is 0 Å². The molecule has 0 aromatic rings. The summed E-state index contributed by atoms with van der Waals surface area (Å²) in [6.45, 7) is -0.140. The smallest absolute Gasteiger partial charge is 0.311 e. The second-order valence-electron chi connectivity index (χ2n) is 5.82. The van der Waals surface area contributed by atoms with Gasteiger partial charge in [-0.05, 0) is 12.8 Å². The predicted molar refractivity (Wildman–Crippen MR) is 72.5 cm³/mol. The lowest BCUT2D eigenvalue weighted by Gasteiger charge is -2.32. The summed E-state index contributed by atoms with van der Waals surface area (Å²) < 4.78 is 52.4. The van der Waals surface area contributed by atoms with Crippen molar-refractivity contribution >= 4 is 16.0 Å². The van der Waals surface area contributed by atoms with Gasteiger partial charge in [-0.15, -0.1) is 0 Å². The van der Waals surface area contributed by atoms with Crippen molar-refractivity contribution in [1.82, 2.24) is 4.31 Å². The standard InChI is InChI=1S/C13H19F2NO4S/c14-12(15)13(5-1-2-6-13)9-21(19,20)16-7-3-4-10(8-16)11(17)18/h3-4,10,12H,1-2,5-9H2,(H,17,18). The van der Waals surface area contributed by atoms with Gasteiger partial charge in [0.25, 0.3) is 0 Å². The molecule has 2 rings (SSSR count). The Morgan fingerprint density at radius 2 is 2.00 bits per heavy atom. The Morgan fingerprint density at radius 1 is 1.38 bits per heavy atom. The largest absolute Gasteiger partial charge is 0.481 e. The van der Waals surface area contributed by atoms with Crippen molar-refractivity contribution in [2.45, 2.75) is 32.1 Å². The van der Waals surface area contributed by atoms with Crippen LogP contribution in [0.4, 0.5) is 8.78 Å². The number of carbonyl (C=O) groups is 1. The Bertz CT molecular complexity index is 526. The Hall–Kier alpha value is -1.02. The maximum atomic E-state index is 13.3. The minimum Gasteiger partial charge on any atom is -0.481 e. The van der Waals surface area contributed by atoms with Crippen molar-refractivity contribution < 1.29 is 27.1 Å². The molecule has 1 fully saturated rings. The fourth-order valence-electron chi connectivity index (χ4n) is 3.04. The van der Waals surface area contributed by atoms with Crippen molar-refractivity contribution in [3.05, 3.63) is 12.2 Å². The normalized spacial score (nSPS) is 26.3. The SMILES string of the molecule is O=C(O)C1C=CCN(S(=O)(=O)CC2(C(F)F)CCCC2)C1. The highest BCUT2D eigenvalue weighted by atomic mass is 32.2. The second-order valence-corrected chi connectivity index (χ2v) is 7.79. The second kappa shape index (κ2) is 6.00. The van der Waals surface area contributed by atoms with Crippen molar-refractivity contribution in [3.63, 3.8) is 0 Å². The fourth-order valence-corrected chi connectivity index (χ4v) is 5.07. The van der Waals surface area contributed by atoms with E-state index in [0.29, 0.717) is 12.8 Å². The molecule has 2 aliphatic rings. The van der Waals surface area contributed by atoms with E-state index in [1.54, 1.807) is 0 Å². The maximum Gasteiger partial charge on any atom is 0.311 e. The highest BCUT2D eigenvalue weighted by Crippen LogP contribution is 2.44. The molecule has 0 radical (unpaired) electrons. The fraction of sp³-hybridized carbons (Fsp3) is 0.769. The molecular weight excluding hydrogens is 304 g/mol. The minimum absolute atomic E-state index is 0.0471. The van der Waals surface area contributed by atoms with Gasteiger partial charge in [0, 0.05) is 18.5 Å². The number of carboxylic acid groups (broad SMARTS) is 1. The molecule has 0 bridgehead atoms. The molecular formula is C13H19F2NO4S. The summed E-state index contributed by atoms with van der Waals surface area (Å²) >= 11 is 0. The zero-order valence-corrected chi connectivity index (χ0v) is 12.4. The number of rotatable bonds is 5. The van der Waals surface area contributed by atoms with Crippen molar-refractivity contribution in [2.24, 2.45) is 11.3 Å². The highest BCUT2D eigenvalue weighted by molar-refractivity contribution is 7.89. The average molecular weight is 323 g/mol. The van der Waals surface area contributed by atoms with Crippen LogP contribution in [-0.2, 0) is 14.8 Å². The lowest BCUT2D eigenvalue weighted by molar-refractivity contribution is -0.140. The molecule has 1 aliphatic carbocycles. The molecule has 1 saturated carbocycles. The number of halogens is 2. The monoisotopic (exact) mass is 323 g/mol. The summed E-state index contributed by atoms with van der Waals surface area (Å²) in [5.74, 6) is -2.63. The third-order valence-electron chi connectivity index (χ3n) is 4.32. The first-order chi connectivity index (χ1) is 9.77. The van der Waals surface area contributed by atoms with Crippen LogP contribution in [0.5, 0.6) is 0 Å². The molecule has 0 saturated heterocycles. The van der Waals surface area contributed by atoms with Gasteiger partial charge in [-0.25, -0.2) is 17.2 Å². The first-order valence-electron chi connectivity index (χ1n) is 6.92. The first kappa shape index (κ1) is 16.4. The number of alkyl halides is 2. The quantitative estimate of drug-likeness (QED) is 0.782. The van der Waals surface area contributed by atoms with Gasteiger partial charge >= 0.3 is 5.97 Å². The van der Waals surface area contributed by atoms with Crippen LogP contribution in [0.25, 0.3) is 0 Å². The molecule has 0 amide bonds. The van der Waals surface area contributed by atoms with Crippen LogP contribution in [0, 0.1) is 11.3 Å². The summed E-state index contributed by atoms with van der Waals surface area (Å²) in [7, 11) is -3.90. The van der Waals surface area contributed by atoms with E-state index in [1.807, 2.05) is 0 Å². The molecule has 5 nitrogen and oxygen atoms in total. The van der Waals surface area contributed by atoms with Crippen LogP contribution >= 0.6 is 0 Å². The van der Waals surface area contributed by atoms with Crippen molar-refractivity contribution in [2.75, 3.05) is 18.8 Å². The van der Waals surface area contributed by atoms with Gasteiger partial charge in [-0.3, -0.25) is 4.79 Å². The number of aliphatic carboxylic acids is 1. The number of nitrogens with zero attached hydrogens (tertiary/aromatic N) is 1. The average Bonchev–Trinajstić information content (AvgIpc) is 2.88. The molecule has 0 aromatic heterocycles. The van der Waals surface area contributed by atoms with E-state index in [0.717, 1.165) is 4.31 Å². The molecule has 1 heterocycles. The summed E-state index contributed by atoms with van der Waals surface area (Å²) in [5, 5.41) is 8.95. The van der Waals surface area contributed by atoms with Crippen LogP contribution in [0.1, 0.15) is 25.7 Å². The van der Waals surface area contributed by atoms with Crippen LogP contribution in [0.15, 0.2) is 12.2 Å². The van der Waals surface area contributed by atoms with Gasteiger partial charge in [-0.1, -0.05) is 25.0 Å². The minimum atomic E-state index is -3.90. The van der Waals surface area contributed by atoms with Crippen LogP contribution in [0.2, 0.25) is 0 Å². The summed E-state index contributed by atoms with van der Waals surface area (Å²) in [5.41, 5.74) is -1.47. The summed E-state index contributed by atoms with van der Waals surface area (Å²) in [6, 6.07) is 0. The van der Waals surface area contributed by atoms with Gasteiger partial charge in [0.15, 0.2) is 0 Å². The summed E-state index contributed by atoms with van der Waals surface area (Å²) in [6.07, 6.45) is 1.85. The molecule has 0 aromatic carbocycles. The van der Waals surface area contributed by atoms with Crippen LogP contribution in [-0.4, -0.2) is 49.1 Å². The Balaban J connectivity index is 2.15. The van der Waals surface area contributed by atoms with E-state index in [4.69, 9.17) is 5.11 Å². The molecule has 8 heteroatoms. The number of hydrogen-bond acceptors (Lipinski definition) is 3. The Kier molecular flexibility index (Phi) is 4.67. The molecule has 1 N–H and O–H groups in total. The van der Waals surface area contributed by atoms with E-state index in [9.17, 15) is 22.0 Å². The van der Waals surface area contributed by atoms with Crippen LogP contribution < -0.4 is 0 Å². The molecule has 120 valence electrons. The molecule has 0 spiro atoms. The lowest BCUT2D eigenvalue weighted by Crippen LogP contribution is -2.45. The van der Waals surface area contributed by atoms with Gasteiger partial charge in [-0.2, -0.15) is 4.31 Å². The number of carboxylic acids is 1. The van der Waals surface area contributed by atoms with Gasteiger partial charge in [0.05, 0.1) is 11.7 Å². The van der Waals surface area contributed by atoms with E-state index in [2.05, 4.69) is 0 Å².